The van der Waals surface area contributed by atoms with Gasteiger partial charge in [-0.1, -0.05) is 32.0 Å². The van der Waals surface area contributed by atoms with E-state index >= 15 is 0 Å². The number of rotatable bonds is 8. The van der Waals surface area contributed by atoms with Crippen LogP contribution in [-0.2, 0) is 14.3 Å². The van der Waals surface area contributed by atoms with E-state index in [9.17, 15) is 20.3 Å². The molecule has 0 fully saturated rings. The SMILES string of the molecule is CCOC(=O)C1C(COCCN)=Nc2cc(C(C)C)c(O)c(O)c2C1c1ccccc1C#N. The molecule has 0 aromatic heterocycles. The lowest BCUT2D eigenvalue weighted by molar-refractivity contribution is -0.146. The zero-order valence-corrected chi connectivity index (χ0v) is 19.0. The second-order valence-electron chi connectivity index (χ2n) is 8.10. The summed E-state index contributed by atoms with van der Waals surface area (Å²) in [4.78, 5) is 17.9. The first kappa shape index (κ1) is 24.2. The number of aliphatic imine (C=N–C) groups is 1. The lowest BCUT2D eigenvalue weighted by Crippen LogP contribution is -2.37. The van der Waals surface area contributed by atoms with Gasteiger partial charge >= 0.3 is 5.97 Å². The van der Waals surface area contributed by atoms with Gasteiger partial charge in [-0.05, 0) is 30.5 Å². The summed E-state index contributed by atoms with van der Waals surface area (Å²) in [6, 6.07) is 10.7. The normalized spacial score (nSPS) is 17.3. The Kier molecular flexibility index (Phi) is 7.69. The Morgan fingerprint density at radius 3 is 2.64 bits per heavy atom. The number of fused-ring (bicyclic) bond motifs is 1. The number of esters is 1. The molecule has 0 saturated heterocycles. The molecular weight excluding hydrogens is 422 g/mol. The molecule has 8 heteroatoms. The Morgan fingerprint density at radius 1 is 1.27 bits per heavy atom. The van der Waals surface area contributed by atoms with E-state index in [0.717, 1.165) is 0 Å². The molecule has 2 aromatic carbocycles. The Hall–Kier alpha value is -3.41. The standard InChI is InChI=1S/C25H29N3O5/c1-4-33-25(31)22-19(13-32-10-9-26)28-18-11-17(14(2)3)23(29)24(30)21(18)20(22)16-8-6-5-7-15(16)12-27/h5-8,11,14,20,22,29-30H,4,9-10,13,26H2,1-3H3. The van der Waals surface area contributed by atoms with Crippen molar-refractivity contribution in [2.45, 2.75) is 32.6 Å². The van der Waals surface area contributed by atoms with E-state index in [1.807, 2.05) is 13.8 Å². The van der Waals surface area contributed by atoms with E-state index in [1.54, 1.807) is 37.3 Å². The Labute approximate surface area is 193 Å². The van der Waals surface area contributed by atoms with E-state index in [2.05, 4.69) is 11.1 Å². The average Bonchev–Trinajstić information content (AvgIpc) is 2.80. The molecule has 2 aromatic rings. The second-order valence-corrected chi connectivity index (χ2v) is 8.10. The van der Waals surface area contributed by atoms with Gasteiger partial charge in [-0.2, -0.15) is 5.26 Å². The first-order valence-electron chi connectivity index (χ1n) is 10.9. The van der Waals surface area contributed by atoms with Crippen LogP contribution in [0.25, 0.3) is 0 Å². The molecular formula is C25H29N3O5. The molecule has 3 rings (SSSR count). The number of phenolic OH excluding ortho intramolecular Hbond substituents is 2. The van der Waals surface area contributed by atoms with Crippen molar-refractivity contribution in [1.82, 2.24) is 0 Å². The van der Waals surface area contributed by atoms with Crippen LogP contribution in [0.15, 0.2) is 35.3 Å². The van der Waals surface area contributed by atoms with E-state index in [4.69, 9.17) is 15.2 Å². The van der Waals surface area contributed by atoms with Crippen molar-refractivity contribution in [2.75, 3.05) is 26.4 Å². The maximum atomic E-state index is 13.2. The third-order valence-electron chi connectivity index (χ3n) is 5.68. The van der Waals surface area contributed by atoms with Crippen molar-refractivity contribution in [1.29, 1.82) is 5.26 Å². The molecule has 0 bridgehead atoms. The molecule has 0 spiro atoms. The van der Waals surface area contributed by atoms with Crippen LogP contribution in [0.2, 0.25) is 0 Å². The van der Waals surface area contributed by atoms with Crippen molar-refractivity contribution in [3.8, 4) is 17.6 Å². The molecule has 174 valence electrons. The molecule has 0 saturated carbocycles. The van der Waals surface area contributed by atoms with Crippen LogP contribution < -0.4 is 5.73 Å². The molecule has 0 aliphatic carbocycles. The number of phenols is 2. The van der Waals surface area contributed by atoms with Crippen molar-refractivity contribution < 1.29 is 24.5 Å². The van der Waals surface area contributed by atoms with Crippen LogP contribution in [0.1, 0.15) is 54.9 Å². The number of nitriles is 1. The van der Waals surface area contributed by atoms with Gasteiger partial charge < -0.3 is 25.4 Å². The van der Waals surface area contributed by atoms with E-state index in [1.165, 1.54) is 0 Å². The van der Waals surface area contributed by atoms with Crippen LogP contribution in [0.3, 0.4) is 0 Å². The van der Waals surface area contributed by atoms with Gasteiger partial charge in [-0.25, -0.2) is 0 Å². The molecule has 4 N–H and O–H groups in total. The molecule has 0 amide bonds. The largest absolute Gasteiger partial charge is 0.504 e. The third kappa shape index (κ3) is 4.70. The number of carbonyl (C=O) groups is 1. The number of hydrogen-bond acceptors (Lipinski definition) is 8. The summed E-state index contributed by atoms with van der Waals surface area (Å²) in [5.41, 5.74) is 8.06. The van der Waals surface area contributed by atoms with Crippen LogP contribution in [0.4, 0.5) is 5.69 Å². The first-order chi connectivity index (χ1) is 15.8. The topological polar surface area (TPSA) is 138 Å². The van der Waals surface area contributed by atoms with Crippen LogP contribution in [-0.4, -0.2) is 48.3 Å². The summed E-state index contributed by atoms with van der Waals surface area (Å²) in [5, 5.41) is 31.6. The number of aromatic hydroxyl groups is 2. The van der Waals surface area contributed by atoms with Gasteiger partial charge in [0.25, 0.3) is 0 Å². The van der Waals surface area contributed by atoms with E-state index < -0.39 is 17.8 Å². The third-order valence-corrected chi connectivity index (χ3v) is 5.68. The fourth-order valence-electron chi connectivity index (χ4n) is 4.19. The second kappa shape index (κ2) is 10.5. The lowest BCUT2D eigenvalue weighted by atomic mass is 9.73. The minimum atomic E-state index is -0.958. The highest BCUT2D eigenvalue weighted by Crippen LogP contribution is 2.52. The van der Waals surface area contributed by atoms with Gasteiger partial charge in [0, 0.05) is 23.6 Å². The number of benzene rings is 2. The zero-order chi connectivity index (χ0) is 24.1. The highest BCUT2D eigenvalue weighted by atomic mass is 16.5. The monoisotopic (exact) mass is 451 g/mol. The highest BCUT2D eigenvalue weighted by Gasteiger charge is 2.43. The van der Waals surface area contributed by atoms with E-state index in [-0.39, 0.29) is 42.8 Å². The summed E-state index contributed by atoms with van der Waals surface area (Å²) in [5.74, 6) is -3.02. The summed E-state index contributed by atoms with van der Waals surface area (Å²) in [6.45, 7) is 6.25. The fraction of sp³-hybridized carbons (Fsp3) is 0.400. The van der Waals surface area contributed by atoms with Crippen LogP contribution in [0, 0.1) is 17.2 Å². The quantitative estimate of drug-likeness (QED) is 0.317. The minimum absolute atomic E-state index is 0.0317. The molecule has 2 unspecified atom stereocenters. The van der Waals surface area contributed by atoms with E-state index in [0.29, 0.717) is 34.6 Å². The van der Waals surface area contributed by atoms with Gasteiger partial charge in [0.1, 0.15) is 5.92 Å². The van der Waals surface area contributed by atoms with Gasteiger partial charge in [-0.15, -0.1) is 0 Å². The summed E-state index contributed by atoms with van der Waals surface area (Å²) in [7, 11) is 0. The molecule has 1 heterocycles. The predicted molar refractivity (Wildman–Crippen MR) is 124 cm³/mol. The average molecular weight is 452 g/mol. The van der Waals surface area contributed by atoms with Gasteiger partial charge in [0.2, 0.25) is 0 Å². The number of nitrogens with two attached hydrogens (primary N) is 1. The van der Waals surface area contributed by atoms with Gasteiger partial charge in [0.15, 0.2) is 11.5 Å². The zero-order valence-electron chi connectivity index (χ0n) is 19.0. The van der Waals surface area contributed by atoms with Crippen molar-refractivity contribution in [3.05, 3.63) is 52.6 Å². The van der Waals surface area contributed by atoms with Crippen molar-refractivity contribution >= 4 is 17.4 Å². The molecule has 2 atom stereocenters. The first-order valence-corrected chi connectivity index (χ1v) is 10.9. The molecule has 1 aliphatic rings. The number of hydrogen-bond donors (Lipinski definition) is 3. The number of carbonyl (C=O) groups excluding carboxylic acids is 1. The summed E-state index contributed by atoms with van der Waals surface area (Å²) >= 11 is 0. The molecule has 33 heavy (non-hydrogen) atoms. The fourth-order valence-corrected chi connectivity index (χ4v) is 4.19. The van der Waals surface area contributed by atoms with Crippen molar-refractivity contribution in [2.24, 2.45) is 16.6 Å². The Bertz CT molecular complexity index is 1100. The maximum Gasteiger partial charge on any atom is 0.315 e. The van der Waals surface area contributed by atoms with Crippen LogP contribution in [0.5, 0.6) is 11.5 Å². The lowest BCUT2D eigenvalue weighted by Gasteiger charge is -2.34. The smallest absolute Gasteiger partial charge is 0.315 e. The molecule has 1 aliphatic heterocycles. The van der Waals surface area contributed by atoms with Crippen molar-refractivity contribution in [3.63, 3.8) is 0 Å². The van der Waals surface area contributed by atoms with Gasteiger partial charge in [0.05, 0.1) is 42.9 Å². The minimum Gasteiger partial charge on any atom is -0.504 e. The number of nitrogens with zero attached hydrogens (tertiary/aromatic N) is 2. The van der Waals surface area contributed by atoms with Gasteiger partial charge in [-0.3, -0.25) is 9.79 Å². The molecule has 0 radical (unpaired) electrons. The predicted octanol–water partition coefficient (Wildman–Crippen LogP) is 3.47. The Morgan fingerprint density at radius 2 is 2.00 bits per heavy atom. The highest BCUT2D eigenvalue weighted by molar-refractivity contribution is 6.07. The van der Waals surface area contributed by atoms with Crippen LogP contribution >= 0.6 is 0 Å². The summed E-state index contributed by atoms with van der Waals surface area (Å²) < 4.78 is 11.0. The maximum absolute atomic E-state index is 13.2. The Balaban J connectivity index is 2.34. The molecule has 8 nitrogen and oxygen atoms in total. The summed E-state index contributed by atoms with van der Waals surface area (Å²) in [6.07, 6.45) is 0. The number of ether oxygens (including phenoxy) is 2.